The lowest BCUT2D eigenvalue weighted by Crippen LogP contribution is -2.42. The predicted octanol–water partition coefficient (Wildman–Crippen LogP) is -0.568. The largest absolute Gasteiger partial charge is 0.481 e. The summed E-state index contributed by atoms with van der Waals surface area (Å²) in [5.41, 5.74) is -1.24. The SMILES string of the molecule is CC(O)(CNC(=O)c1cncnc1)CC(=O)O. The quantitative estimate of drug-likeness (QED) is 0.634. The number of carboxylic acid groups (broad SMARTS) is 1. The molecule has 1 aromatic rings. The molecule has 92 valence electrons. The number of amides is 1. The van der Waals surface area contributed by atoms with Crippen LogP contribution in [0.5, 0.6) is 0 Å². The zero-order valence-corrected chi connectivity index (χ0v) is 9.25. The molecule has 0 saturated heterocycles. The number of aliphatic carboxylic acids is 1. The molecular formula is C10H13N3O4. The second kappa shape index (κ2) is 5.35. The summed E-state index contributed by atoms with van der Waals surface area (Å²) in [5.74, 6) is -1.59. The van der Waals surface area contributed by atoms with Crippen LogP contribution in [0, 0.1) is 0 Å². The third-order valence-electron chi connectivity index (χ3n) is 1.98. The molecule has 0 radical (unpaired) electrons. The number of aliphatic hydroxyl groups is 1. The van der Waals surface area contributed by atoms with E-state index in [1.165, 1.54) is 25.6 Å². The van der Waals surface area contributed by atoms with Crippen molar-refractivity contribution in [2.75, 3.05) is 6.54 Å². The van der Waals surface area contributed by atoms with Crippen molar-refractivity contribution in [2.45, 2.75) is 18.9 Å². The highest BCUT2D eigenvalue weighted by molar-refractivity contribution is 5.93. The summed E-state index contributed by atoms with van der Waals surface area (Å²) in [4.78, 5) is 29.3. The van der Waals surface area contributed by atoms with Crippen molar-refractivity contribution in [3.05, 3.63) is 24.3 Å². The maximum absolute atomic E-state index is 11.5. The van der Waals surface area contributed by atoms with E-state index in [1.54, 1.807) is 0 Å². The molecule has 0 saturated carbocycles. The molecule has 17 heavy (non-hydrogen) atoms. The van der Waals surface area contributed by atoms with Crippen LogP contribution in [-0.4, -0.2) is 44.2 Å². The van der Waals surface area contributed by atoms with E-state index >= 15 is 0 Å². The first-order valence-corrected chi connectivity index (χ1v) is 4.88. The maximum Gasteiger partial charge on any atom is 0.306 e. The Morgan fingerprint density at radius 3 is 2.53 bits per heavy atom. The minimum Gasteiger partial charge on any atom is -0.481 e. The number of carbonyl (C=O) groups is 2. The van der Waals surface area contributed by atoms with Crippen LogP contribution >= 0.6 is 0 Å². The number of rotatable bonds is 5. The Kier molecular flexibility index (Phi) is 4.11. The molecule has 1 amide bonds. The van der Waals surface area contributed by atoms with E-state index < -0.39 is 23.9 Å². The van der Waals surface area contributed by atoms with Crippen LogP contribution in [0.25, 0.3) is 0 Å². The maximum atomic E-state index is 11.5. The van der Waals surface area contributed by atoms with Crippen LogP contribution in [0.1, 0.15) is 23.7 Å². The molecule has 1 heterocycles. The van der Waals surface area contributed by atoms with Crippen molar-refractivity contribution in [1.29, 1.82) is 0 Å². The standard InChI is InChI=1S/C10H13N3O4/c1-10(17,2-8(14)15)5-13-9(16)7-3-11-6-12-4-7/h3-4,6,17H,2,5H2,1H3,(H,13,16)(H,14,15). The second-order valence-corrected chi connectivity index (χ2v) is 3.88. The fourth-order valence-corrected chi connectivity index (χ4v) is 1.18. The van der Waals surface area contributed by atoms with Crippen LogP contribution in [0.15, 0.2) is 18.7 Å². The van der Waals surface area contributed by atoms with Crippen molar-refractivity contribution < 1.29 is 19.8 Å². The van der Waals surface area contributed by atoms with Gasteiger partial charge in [0.05, 0.1) is 17.6 Å². The Morgan fingerprint density at radius 2 is 2.00 bits per heavy atom. The Morgan fingerprint density at radius 1 is 1.41 bits per heavy atom. The molecule has 0 spiro atoms. The van der Waals surface area contributed by atoms with Crippen LogP contribution in [-0.2, 0) is 4.79 Å². The van der Waals surface area contributed by atoms with Crippen LogP contribution in [0.4, 0.5) is 0 Å². The van der Waals surface area contributed by atoms with Gasteiger partial charge >= 0.3 is 5.97 Å². The number of carboxylic acids is 1. The third kappa shape index (κ3) is 4.56. The number of nitrogens with one attached hydrogen (secondary N) is 1. The lowest BCUT2D eigenvalue weighted by molar-refractivity contribution is -0.141. The molecule has 1 rings (SSSR count). The molecule has 0 aliphatic carbocycles. The topological polar surface area (TPSA) is 112 Å². The van der Waals surface area contributed by atoms with Gasteiger partial charge in [0.15, 0.2) is 0 Å². The van der Waals surface area contributed by atoms with Crippen molar-refractivity contribution in [1.82, 2.24) is 15.3 Å². The molecule has 0 aliphatic heterocycles. The van der Waals surface area contributed by atoms with E-state index in [2.05, 4.69) is 15.3 Å². The molecule has 0 aliphatic rings. The van der Waals surface area contributed by atoms with Gasteiger partial charge in [0.1, 0.15) is 6.33 Å². The summed E-state index contributed by atoms with van der Waals surface area (Å²) in [6, 6.07) is 0. The summed E-state index contributed by atoms with van der Waals surface area (Å²) in [5, 5.41) is 20.6. The van der Waals surface area contributed by atoms with Gasteiger partial charge in [-0.2, -0.15) is 0 Å². The molecule has 3 N–H and O–H groups in total. The Bertz CT molecular complexity index is 405. The molecule has 0 bridgehead atoms. The lowest BCUT2D eigenvalue weighted by Gasteiger charge is -2.21. The van der Waals surface area contributed by atoms with E-state index in [0.717, 1.165) is 0 Å². The van der Waals surface area contributed by atoms with Gasteiger partial charge in [-0.3, -0.25) is 9.59 Å². The average Bonchev–Trinajstić information content (AvgIpc) is 2.25. The minimum atomic E-state index is -1.49. The molecule has 0 fully saturated rings. The molecule has 1 unspecified atom stereocenters. The van der Waals surface area contributed by atoms with Crippen LogP contribution in [0.3, 0.4) is 0 Å². The number of carbonyl (C=O) groups excluding carboxylic acids is 1. The van der Waals surface area contributed by atoms with Gasteiger partial charge in [0.25, 0.3) is 5.91 Å². The van der Waals surface area contributed by atoms with E-state index in [1.807, 2.05) is 0 Å². The molecule has 7 heteroatoms. The fraction of sp³-hybridized carbons (Fsp3) is 0.400. The van der Waals surface area contributed by atoms with E-state index in [0.29, 0.717) is 0 Å². The van der Waals surface area contributed by atoms with Crippen molar-refractivity contribution in [3.8, 4) is 0 Å². The number of hydrogen-bond acceptors (Lipinski definition) is 5. The lowest BCUT2D eigenvalue weighted by atomic mass is 10.0. The van der Waals surface area contributed by atoms with E-state index in [9.17, 15) is 14.7 Å². The highest BCUT2D eigenvalue weighted by Crippen LogP contribution is 2.07. The summed E-state index contributed by atoms with van der Waals surface area (Å²) in [6.07, 6.45) is 3.50. The molecular weight excluding hydrogens is 226 g/mol. The summed E-state index contributed by atoms with van der Waals surface area (Å²) in [7, 11) is 0. The Balaban J connectivity index is 2.51. The first-order valence-electron chi connectivity index (χ1n) is 4.88. The second-order valence-electron chi connectivity index (χ2n) is 3.88. The van der Waals surface area contributed by atoms with Gasteiger partial charge in [-0.05, 0) is 6.92 Å². The summed E-state index contributed by atoms with van der Waals surface area (Å²) < 4.78 is 0. The van der Waals surface area contributed by atoms with Gasteiger partial charge in [-0.25, -0.2) is 9.97 Å². The van der Waals surface area contributed by atoms with Gasteiger partial charge in [0.2, 0.25) is 0 Å². The zero-order chi connectivity index (χ0) is 12.9. The number of hydrogen-bond donors (Lipinski definition) is 3. The van der Waals surface area contributed by atoms with Gasteiger partial charge in [-0.1, -0.05) is 0 Å². The number of nitrogens with zero attached hydrogens (tertiary/aromatic N) is 2. The van der Waals surface area contributed by atoms with Gasteiger partial charge < -0.3 is 15.5 Å². The Labute approximate surface area is 97.5 Å². The zero-order valence-electron chi connectivity index (χ0n) is 9.25. The van der Waals surface area contributed by atoms with E-state index in [-0.39, 0.29) is 12.1 Å². The highest BCUT2D eigenvalue weighted by atomic mass is 16.4. The van der Waals surface area contributed by atoms with Crippen LogP contribution in [0.2, 0.25) is 0 Å². The monoisotopic (exact) mass is 239 g/mol. The van der Waals surface area contributed by atoms with Crippen molar-refractivity contribution in [2.24, 2.45) is 0 Å². The number of aromatic nitrogens is 2. The average molecular weight is 239 g/mol. The Hall–Kier alpha value is -2.02. The third-order valence-corrected chi connectivity index (χ3v) is 1.98. The van der Waals surface area contributed by atoms with Crippen LogP contribution < -0.4 is 5.32 Å². The van der Waals surface area contributed by atoms with E-state index in [4.69, 9.17) is 5.11 Å². The highest BCUT2D eigenvalue weighted by Gasteiger charge is 2.25. The van der Waals surface area contributed by atoms with Gasteiger partial charge in [0, 0.05) is 18.9 Å². The molecule has 1 aromatic heterocycles. The molecule has 7 nitrogen and oxygen atoms in total. The van der Waals surface area contributed by atoms with Crippen molar-refractivity contribution in [3.63, 3.8) is 0 Å². The first kappa shape index (κ1) is 13.0. The first-order chi connectivity index (χ1) is 7.91. The molecule has 1 atom stereocenters. The summed E-state index contributed by atoms with van der Waals surface area (Å²) >= 11 is 0. The predicted molar refractivity (Wildman–Crippen MR) is 57.2 cm³/mol. The molecule has 0 aromatic carbocycles. The fourth-order valence-electron chi connectivity index (χ4n) is 1.18. The van der Waals surface area contributed by atoms with Gasteiger partial charge in [-0.15, -0.1) is 0 Å². The minimum absolute atomic E-state index is 0.160. The summed E-state index contributed by atoms with van der Waals surface area (Å²) in [6.45, 7) is 1.18. The van der Waals surface area contributed by atoms with Crippen molar-refractivity contribution >= 4 is 11.9 Å². The smallest absolute Gasteiger partial charge is 0.306 e. The normalized spacial score (nSPS) is 13.8.